The van der Waals surface area contributed by atoms with Gasteiger partial charge in [0.05, 0.1) is 0 Å². The van der Waals surface area contributed by atoms with Gasteiger partial charge in [-0.15, -0.1) is 0 Å². The van der Waals surface area contributed by atoms with Gasteiger partial charge in [0.1, 0.15) is 0 Å². The molecule has 1 fully saturated rings. The fraction of sp³-hybridized carbons (Fsp3) is 1.00. The van der Waals surface area contributed by atoms with Gasteiger partial charge in [0.15, 0.2) is 7.38 Å². The lowest BCUT2D eigenvalue weighted by Crippen LogP contribution is -2.37. The molecule has 0 bridgehead atoms. The Morgan fingerprint density at radius 3 is 2.00 bits per heavy atom. The van der Waals surface area contributed by atoms with Crippen LogP contribution in [0.4, 0.5) is 0 Å². The van der Waals surface area contributed by atoms with E-state index in [4.69, 9.17) is 11.1 Å². The summed E-state index contributed by atoms with van der Waals surface area (Å²) in [6, 6.07) is 2.68. The summed E-state index contributed by atoms with van der Waals surface area (Å²) >= 11 is 6.04. The Balaban J connectivity index is 2.29. The summed E-state index contributed by atoms with van der Waals surface area (Å²) in [6.45, 7) is 4.52. The first-order chi connectivity index (χ1) is 3.10. The first kappa shape index (κ1) is 5.64. The molecule has 0 amide bonds. The zero-order valence-corrected chi connectivity index (χ0v) is 6.63. The van der Waals surface area contributed by atoms with Gasteiger partial charge < -0.3 is 0 Å². The number of halogens is 1. The highest BCUT2D eigenvalue weighted by atomic mass is 35.6. The standard InChI is InChI=1S/C5H11ClSi/c1-5-3-7(2,6)4-5/h5H,3-4H2,1-2H3. The van der Waals surface area contributed by atoms with Crippen LogP contribution in [0.15, 0.2) is 0 Å². The minimum atomic E-state index is -1.04. The Hall–Kier alpha value is 0.507. The van der Waals surface area contributed by atoms with Crippen molar-refractivity contribution in [3.05, 3.63) is 0 Å². The molecule has 0 atom stereocenters. The van der Waals surface area contributed by atoms with Crippen LogP contribution in [0.2, 0.25) is 18.6 Å². The van der Waals surface area contributed by atoms with Gasteiger partial charge in [-0.1, -0.05) is 13.5 Å². The molecule has 0 aliphatic carbocycles. The first-order valence-corrected chi connectivity index (χ1v) is 6.72. The second-order valence-corrected chi connectivity index (χ2v) is 9.31. The van der Waals surface area contributed by atoms with Crippen LogP contribution in [-0.4, -0.2) is 7.38 Å². The molecule has 1 rings (SSSR count). The first-order valence-electron chi connectivity index (χ1n) is 2.79. The highest BCUT2D eigenvalue weighted by molar-refractivity contribution is 7.21. The maximum Gasteiger partial charge on any atom is 0.154 e. The molecule has 0 aromatic rings. The molecule has 7 heavy (non-hydrogen) atoms. The molecule has 1 saturated heterocycles. The number of rotatable bonds is 0. The van der Waals surface area contributed by atoms with Crippen molar-refractivity contribution in [1.82, 2.24) is 0 Å². The van der Waals surface area contributed by atoms with E-state index in [1.54, 1.807) is 0 Å². The molecule has 2 heteroatoms. The Morgan fingerprint density at radius 1 is 1.57 bits per heavy atom. The summed E-state index contributed by atoms with van der Waals surface area (Å²) in [5.41, 5.74) is 0. The average molecular weight is 135 g/mol. The van der Waals surface area contributed by atoms with E-state index in [0.29, 0.717) is 0 Å². The van der Waals surface area contributed by atoms with Crippen LogP contribution in [0, 0.1) is 5.92 Å². The van der Waals surface area contributed by atoms with Crippen molar-refractivity contribution < 1.29 is 0 Å². The topological polar surface area (TPSA) is 0 Å². The van der Waals surface area contributed by atoms with E-state index in [2.05, 4.69) is 13.5 Å². The fourth-order valence-electron chi connectivity index (χ4n) is 1.39. The predicted octanol–water partition coefficient (Wildman–Crippen LogP) is 2.45. The molecule has 1 aliphatic heterocycles. The van der Waals surface area contributed by atoms with E-state index < -0.39 is 7.38 Å². The summed E-state index contributed by atoms with van der Waals surface area (Å²) in [5, 5.41) is 0. The maximum absolute atomic E-state index is 6.04. The van der Waals surface area contributed by atoms with Crippen molar-refractivity contribution >= 4 is 18.5 Å². The van der Waals surface area contributed by atoms with Gasteiger partial charge in [-0.2, -0.15) is 11.1 Å². The van der Waals surface area contributed by atoms with E-state index in [1.165, 1.54) is 12.1 Å². The van der Waals surface area contributed by atoms with Crippen LogP contribution in [0.3, 0.4) is 0 Å². The number of hydrogen-bond donors (Lipinski definition) is 0. The molecule has 0 aromatic carbocycles. The van der Waals surface area contributed by atoms with Crippen LogP contribution < -0.4 is 0 Å². The average Bonchev–Trinajstić information content (AvgIpc) is 1.27. The Labute approximate surface area is 50.6 Å². The van der Waals surface area contributed by atoms with E-state index >= 15 is 0 Å². The third-order valence-corrected chi connectivity index (χ3v) is 5.57. The molecule has 0 aromatic heterocycles. The smallest absolute Gasteiger partial charge is 0.154 e. The largest absolute Gasteiger partial charge is 0.167 e. The predicted molar refractivity (Wildman–Crippen MR) is 36.2 cm³/mol. The molecule has 1 heterocycles. The van der Waals surface area contributed by atoms with Crippen molar-refractivity contribution in [2.45, 2.75) is 25.6 Å². The third-order valence-electron chi connectivity index (χ3n) is 1.55. The lowest BCUT2D eigenvalue weighted by atomic mass is 10.2. The summed E-state index contributed by atoms with van der Waals surface area (Å²) in [7, 11) is -1.04. The molecule has 0 saturated carbocycles. The highest BCUT2D eigenvalue weighted by Gasteiger charge is 2.37. The van der Waals surface area contributed by atoms with Crippen molar-refractivity contribution in [2.24, 2.45) is 5.92 Å². The molecular formula is C5H11ClSi. The van der Waals surface area contributed by atoms with Crippen molar-refractivity contribution in [3.63, 3.8) is 0 Å². The van der Waals surface area contributed by atoms with Gasteiger partial charge >= 0.3 is 0 Å². The van der Waals surface area contributed by atoms with E-state index in [1.807, 2.05) is 0 Å². The SMILES string of the molecule is CC1C[Si](C)(Cl)C1. The zero-order valence-electron chi connectivity index (χ0n) is 4.87. The molecular weight excluding hydrogens is 124 g/mol. The lowest BCUT2D eigenvalue weighted by molar-refractivity contribution is 0.645. The summed E-state index contributed by atoms with van der Waals surface area (Å²) < 4.78 is 0. The Kier molecular flexibility index (Phi) is 1.20. The quantitative estimate of drug-likeness (QED) is 0.353. The van der Waals surface area contributed by atoms with Gasteiger partial charge in [-0.3, -0.25) is 0 Å². The number of hydrogen-bond acceptors (Lipinski definition) is 0. The summed E-state index contributed by atoms with van der Waals surface area (Å²) in [4.78, 5) is 0. The van der Waals surface area contributed by atoms with Crippen molar-refractivity contribution in [1.29, 1.82) is 0 Å². The Morgan fingerprint density at radius 2 is 2.00 bits per heavy atom. The second kappa shape index (κ2) is 1.49. The highest BCUT2D eigenvalue weighted by Crippen LogP contribution is 2.40. The molecule has 0 spiro atoms. The van der Waals surface area contributed by atoms with Gasteiger partial charge in [0, 0.05) is 0 Å². The monoisotopic (exact) mass is 134 g/mol. The normalized spacial score (nSPS) is 51.0. The molecule has 0 unspecified atom stereocenters. The van der Waals surface area contributed by atoms with Gasteiger partial charge in [-0.25, -0.2) is 0 Å². The van der Waals surface area contributed by atoms with Crippen LogP contribution in [0.5, 0.6) is 0 Å². The van der Waals surface area contributed by atoms with Crippen LogP contribution in [0.25, 0.3) is 0 Å². The van der Waals surface area contributed by atoms with E-state index in [0.717, 1.165) is 5.92 Å². The Bertz CT molecular complexity index is 72.1. The fourth-order valence-corrected chi connectivity index (χ4v) is 5.76. The zero-order chi connectivity index (χ0) is 5.49. The second-order valence-electron chi connectivity index (χ2n) is 2.93. The van der Waals surface area contributed by atoms with Crippen molar-refractivity contribution in [3.8, 4) is 0 Å². The van der Waals surface area contributed by atoms with Gasteiger partial charge in [-0.05, 0) is 18.0 Å². The summed E-state index contributed by atoms with van der Waals surface area (Å²) in [5.74, 6) is 0.939. The van der Waals surface area contributed by atoms with Gasteiger partial charge in [0.2, 0.25) is 0 Å². The molecule has 0 radical (unpaired) electrons. The molecule has 42 valence electrons. The van der Waals surface area contributed by atoms with Gasteiger partial charge in [0.25, 0.3) is 0 Å². The molecule has 1 aliphatic rings. The van der Waals surface area contributed by atoms with Crippen LogP contribution in [0.1, 0.15) is 6.92 Å². The van der Waals surface area contributed by atoms with Crippen LogP contribution in [-0.2, 0) is 0 Å². The summed E-state index contributed by atoms with van der Waals surface area (Å²) in [6.07, 6.45) is 0. The van der Waals surface area contributed by atoms with E-state index in [-0.39, 0.29) is 0 Å². The molecule has 0 N–H and O–H groups in total. The minimum absolute atomic E-state index is 0.939. The minimum Gasteiger partial charge on any atom is -0.167 e. The lowest BCUT2D eigenvalue weighted by Gasteiger charge is -2.35. The van der Waals surface area contributed by atoms with E-state index in [9.17, 15) is 0 Å². The maximum atomic E-state index is 6.04. The third kappa shape index (κ3) is 1.20. The van der Waals surface area contributed by atoms with Crippen molar-refractivity contribution in [2.75, 3.05) is 0 Å². The molecule has 0 nitrogen and oxygen atoms in total. The van der Waals surface area contributed by atoms with Crippen LogP contribution >= 0.6 is 11.1 Å².